The molecule has 2 amide bonds. The fourth-order valence-corrected chi connectivity index (χ4v) is 3.28. The maximum Gasteiger partial charge on any atom is 0.269 e. The van der Waals surface area contributed by atoms with E-state index >= 15 is 0 Å². The number of benzene rings is 1. The van der Waals surface area contributed by atoms with Crippen molar-refractivity contribution in [2.24, 2.45) is 0 Å². The van der Waals surface area contributed by atoms with Crippen LogP contribution in [-0.2, 0) is 17.8 Å². The minimum atomic E-state index is -0.475. The van der Waals surface area contributed by atoms with E-state index in [-0.39, 0.29) is 11.7 Å². The van der Waals surface area contributed by atoms with Crippen molar-refractivity contribution in [2.45, 2.75) is 38.4 Å². The zero-order chi connectivity index (χ0) is 20.5. The first-order valence-corrected chi connectivity index (χ1v) is 9.88. The molecule has 0 saturated carbocycles. The average molecular weight is 407 g/mol. The van der Waals surface area contributed by atoms with Crippen LogP contribution in [0.5, 0.6) is 11.5 Å². The van der Waals surface area contributed by atoms with Gasteiger partial charge in [0.2, 0.25) is 5.91 Å². The van der Waals surface area contributed by atoms with Gasteiger partial charge in [-0.15, -0.1) is 10.2 Å². The van der Waals surface area contributed by atoms with Gasteiger partial charge in [-0.3, -0.25) is 20.4 Å². The van der Waals surface area contributed by atoms with Gasteiger partial charge in [0.25, 0.3) is 5.91 Å². The Hall–Kier alpha value is -2.75. The van der Waals surface area contributed by atoms with Gasteiger partial charge in [0.1, 0.15) is 17.3 Å². The number of hydrogen-bond acceptors (Lipinski definition) is 7. The summed E-state index contributed by atoms with van der Waals surface area (Å²) >= 11 is 1.27. The van der Waals surface area contributed by atoms with Gasteiger partial charge in [0.15, 0.2) is 5.16 Å². The number of carbonyl (C=O) groups excluding carboxylic acids is 2. The van der Waals surface area contributed by atoms with E-state index in [1.807, 2.05) is 11.5 Å². The average Bonchev–Trinajstić information content (AvgIpc) is 3.11. The van der Waals surface area contributed by atoms with Crippen LogP contribution in [0, 0.1) is 0 Å². The minimum absolute atomic E-state index is 0.103. The highest BCUT2D eigenvalue weighted by Crippen LogP contribution is 2.22. The molecule has 0 spiro atoms. The Kier molecular flexibility index (Phi) is 8.12. The maximum absolute atomic E-state index is 12.3. The summed E-state index contributed by atoms with van der Waals surface area (Å²) in [6.07, 6.45) is 1.82. The summed E-state index contributed by atoms with van der Waals surface area (Å²) in [6, 6.07) is 4.76. The Balaban J connectivity index is 1.90. The molecule has 1 heterocycles. The highest BCUT2D eigenvalue weighted by molar-refractivity contribution is 7.99. The Morgan fingerprint density at radius 1 is 1.07 bits per heavy atom. The number of carbonyl (C=O) groups is 2. The molecule has 0 bridgehead atoms. The number of rotatable bonds is 9. The highest BCUT2D eigenvalue weighted by atomic mass is 32.2. The van der Waals surface area contributed by atoms with Gasteiger partial charge < -0.3 is 14.0 Å². The summed E-state index contributed by atoms with van der Waals surface area (Å²) in [5.41, 5.74) is 5.09. The van der Waals surface area contributed by atoms with Gasteiger partial charge in [-0.25, -0.2) is 0 Å². The molecule has 0 fully saturated rings. The van der Waals surface area contributed by atoms with Crippen LogP contribution in [0.25, 0.3) is 0 Å². The van der Waals surface area contributed by atoms with Crippen molar-refractivity contribution >= 4 is 23.6 Å². The zero-order valence-corrected chi connectivity index (χ0v) is 17.3. The maximum atomic E-state index is 12.3. The quantitative estimate of drug-likeness (QED) is 0.482. The number of hydrogen-bond donors (Lipinski definition) is 2. The molecule has 9 nitrogen and oxygen atoms in total. The number of hydrazine groups is 1. The molecule has 0 aliphatic carbocycles. The molecule has 0 saturated heterocycles. The number of aryl methyl sites for hydroxylation is 1. The SMILES string of the molecule is CCCc1nnc(SCC(=O)NNC(=O)c2cc(OC)cc(OC)c2)n1CC. The normalized spacial score (nSPS) is 10.4. The second-order valence-electron chi connectivity index (χ2n) is 5.79. The third kappa shape index (κ3) is 5.62. The first-order chi connectivity index (χ1) is 13.5. The van der Waals surface area contributed by atoms with Gasteiger partial charge in [-0.1, -0.05) is 18.7 Å². The number of aromatic nitrogens is 3. The van der Waals surface area contributed by atoms with Crippen LogP contribution in [-0.4, -0.2) is 46.6 Å². The van der Waals surface area contributed by atoms with Crippen LogP contribution in [0.15, 0.2) is 23.4 Å². The van der Waals surface area contributed by atoms with Gasteiger partial charge in [0.05, 0.1) is 20.0 Å². The van der Waals surface area contributed by atoms with Gasteiger partial charge >= 0.3 is 0 Å². The summed E-state index contributed by atoms with van der Waals surface area (Å²) in [4.78, 5) is 24.3. The smallest absolute Gasteiger partial charge is 0.269 e. The molecule has 2 N–H and O–H groups in total. The van der Waals surface area contributed by atoms with Crippen molar-refractivity contribution in [3.8, 4) is 11.5 Å². The Morgan fingerprint density at radius 3 is 2.32 bits per heavy atom. The number of ether oxygens (including phenoxy) is 2. The molecule has 1 aromatic heterocycles. The molecular weight excluding hydrogens is 382 g/mol. The van der Waals surface area contributed by atoms with Crippen LogP contribution in [0.1, 0.15) is 36.5 Å². The van der Waals surface area contributed by atoms with E-state index in [0.29, 0.717) is 22.2 Å². The highest BCUT2D eigenvalue weighted by Gasteiger charge is 2.14. The van der Waals surface area contributed by atoms with E-state index in [2.05, 4.69) is 28.0 Å². The van der Waals surface area contributed by atoms with E-state index in [4.69, 9.17) is 9.47 Å². The molecule has 10 heteroatoms. The number of amides is 2. The second-order valence-corrected chi connectivity index (χ2v) is 6.73. The third-order valence-corrected chi connectivity index (χ3v) is 4.81. The third-order valence-electron chi connectivity index (χ3n) is 3.84. The lowest BCUT2D eigenvalue weighted by molar-refractivity contribution is -0.119. The first kappa shape index (κ1) is 21.5. The predicted molar refractivity (Wildman–Crippen MR) is 106 cm³/mol. The first-order valence-electron chi connectivity index (χ1n) is 8.89. The van der Waals surface area contributed by atoms with E-state index in [1.54, 1.807) is 18.2 Å². The van der Waals surface area contributed by atoms with Gasteiger partial charge in [0, 0.05) is 24.6 Å². The standard InChI is InChI=1S/C18H25N5O4S/c1-5-7-15-19-22-18(23(15)6-2)28-11-16(24)20-21-17(25)12-8-13(26-3)10-14(9-12)27-4/h8-10H,5-7,11H2,1-4H3,(H,20,24)(H,21,25). The molecule has 0 unspecified atom stereocenters. The lowest BCUT2D eigenvalue weighted by atomic mass is 10.2. The lowest BCUT2D eigenvalue weighted by Gasteiger charge is -2.10. The molecule has 1 aromatic carbocycles. The van der Waals surface area contributed by atoms with E-state index in [1.165, 1.54) is 26.0 Å². The summed E-state index contributed by atoms with van der Waals surface area (Å²) in [7, 11) is 2.99. The predicted octanol–water partition coefficient (Wildman–Crippen LogP) is 1.82. The van der Waals surface area contributed by atoms with Gasteiger partial charge in [-0.2, -0.15) is 0 Å². The molecule has 2 rings (SSSR count). The van der Waals surface area contributed by atoms with E-state index in [9.17, 15) is 9.59 Å². The molecule has 152 valence electrons. The van der Waals surface area contributed by atoms with Crippen LogP contribution in [0.2, 0.25) is 0 Å². The molecule has 0 aliphatic heterocycles. The van der Waals surface area contributed by atoms with Gasteiger partial charge in [-0.05, 0) is 25.5 Å². The van der Waals surface area contributed by atoms with Crippen molar-refractivity contribution in [3.63, 3.8) is 0 Å². The lowest BCUT2D eigenvalue weighted by Crippen LogP contribution is -2.42. The van der Waals surface area contributed by atoms with Crippen LogP contribution in [0.4, 0.5) is 0 Å². The zero-order valence-electron chi connectivity index (χ0n) is 16.4. The fraction of sp³-hybridized carbons (Fsp3) is 0.444. The Labute approximate surface area is 168 Å². The molecule has 2 aromatic rings. The summed E-state index contributed by atoms with van der Waals surface area (Å²) < 4.78 is 12.3. The monoisotopic (exact) mass is 407 g/mol. The molecular formula is C18H25N5O4S. The fourth-order valence-electron chi connectivity index (χ4n) is 2.46. The molecule has 0 atom stereocenters. The van der Waals surface area contributed by atoms with Crippen molar-refractivity contribution in [1.29, 1.82) is 0 Å². The molecule has 0 aliphatic rings. The largest absolute Gasteiger partial charge is 0.497 e. The van der Waals surface area contributed by atoms with Crippen LogP contribution >= 0.6 is 11.8 Å². The number of methoxy groups -OCH3 is 2. The number of nitrogens with zero attached hydrogens (tertiary/aromatic N) is 3. The summed E-state index contributed by atoms with van der Waals surface area (Å²) in [5, 5.41) is 8.99. The van der Waals surface area contributed by atoms with E-state index in [0.717, 1.165) is 25.2 Å². The van der Waals surface area contributed by atoms with Crippen molar-refractivity contribution in [3.05, 3.63) is 29.6 Å². The van der Waals surface area contributed by atoms with Crippen LogP contribution < -0.4 is 20.3 Å². The minimum Gasteiger partial charge on any atom is -0.497 e. The van der Waals surface area contributed by atoms with Crippen molar-refractivity contribution in [2.75, 3.05) is 20.0 Å². The Morgan fingerprint density at radius 2 is 1.75 bits per heavy atom. The molecule has 0 radical (unpaired) electrons. The Bertz CT molecular complexity index is 802. The van der Waals surface area contributed by atoms with E-state index < -0.39 is 5.91 Å². The number of nitrogens with one attached hydrogen (secondary N) is 2. The van der Waals surface area contributed by atoms with Crippen molar-refractivity contribution in [1.82, 2.24) is 25.6 Å². The number of thioether (sulfide) groups is 1. The topological polar surface area (TPSA) is 107 Å². The second kappa shape index (κ2) is 10.5. The summed E-state index contributed by atoms with van der Waals surface area (Å²) in [6.45, 7) is 4.82. The van der Waals surface area contributed by atoms with Crippen LogP contribution in [0.3, 0.4) is 0 Å². The summed E-state index contributed by atoms with van der Waals surface area (Å²) in [5.74, 6) is 1.15. The molecule has 28 heavy (non-hydrogen) atoms. The van der Waals surface area contributed by atoms with Crippen molar-refractivity contribution < 1.29 is 19.1 Å².